The van der Waals surface area contributed by atoms with Crippen LogP contribution in [0.25, 0.3) is 20.7 Å². The third kappa shape index (κ3) is 5.03. The molecule has 0 spiro atoms. The van der Waals surface area contributed by atoms with Crippen LogP contribution in [0.4, 0.5) is 17.2 Å². The molecule has 55 heavy (non-hydrogen) atoms. The lowest BCUT2D eigenvalue weighted by molar-refractivity contribution is -0.384. The van der Waals surface area contributed by atoms with E-state index >= 15 is 4.79 Å². The van der Waals surface area contributed by atoms with Crippen LogP contribution in [0, 0.1) is 46.1 Å². The molecule has 2 aromatic heterocycles. The van der Waals surface area contributed by atoms with Gasteiger partial charge < -0.3 is 5.11 Å². The van der Waals surface area contributed by atoms with E-state index in [1.165, 1.54) is 51.3 Å². The Hall–Kier alpha value is -5.18. The molecule has 9 rings (SSSR count). The number of rotatable bonds is 5. The minimum Gasteiger partial charge on any atom is -0.508 e. The van der Waals surface area contributed by atoms with Crippen LogP contribution in [0.15, 0.2) is 82.9 Å². The number of carbonyl (C=O) groups is 4. The normalized spacial score (nSPS) is 26.1. The molecule has 6 atom stereocenters. The molecule has 0 radical (unpaired) electrons. The van der Waals surface area contributed by atoms with Gasteiger partial charge in [0.15, 0.2) is 0 Å². The predicted molar refractivity (Wildman–Crippen MR) is 210 cm³/mol. The Kier molecular flexibility index (Phi) is 8.02. The molecule has 2 aliphatic heterocycles. The number of nitro benzene ring substituents is 1. The molecule has 5 aromatic rings. The molecule has 0 bridgehead atoms. The SMILES string of the molecule is Cc1c(-c2cc(N3C(=O)[C@@H]4C[C@@H]5C(=CC[C@@H]6C(=O)N(c7ccc([N+](=O)[O-])cc7)C(=O)[C@@H]65)[C@H](c5cc(Br)ccc5O)[C@]4(C)C3=O)n(C)n2)sc2ccc(Cl)cc12. The number of anilines is 2. The van der Waals surface area contributed by atoms with Crippen LogP contribution in [0.3, 0.4) is 0 Å². The van der Waals surface area contributed by atoms with Gasteiger partial charge in [-0.3, -0.25) is 38.9 Å². The number of amides is 4. The molecule has 4 aliphatic rings. The highest BCUT2D eigenvalue weighted by Crippen LogP contribution is 2.64. The van der Waals surface area contributed by atoms with Crippen molar-refractivity contribution in [1.82, 2.24) is 9.78 Å². The largest absolute Gasteiger partial charge is 0.508 e. The number of benzene rings is 3. The third-order valence-electron chi connectivity index (χ3n) is 12.1. The lowest BCUT2D eigenvalue weighted by Gasteiger charge is -2.49. The number of phenols is 1. The van der Waals surface area contributed by atoms with E-state index < -0.39 is 63.6 Å². The number of phenolic OH excluding ortho intramolecular Hbond substituents is 1. The van der Waals surface area contributed by atoms with E-state index in [2.05, 4.69) is 15.9 Å². The number of imide groups is 2. The molecule has 2 saturated heterocycles. The molecule has 4 amide bonds. The Labute approximate surface area is 331 Å². The number of halogens is 2. The summed E-state index contributed by atoms with van der Waals surface area (Å²) in [5, 5.41) is 29.1. The third-order valence-corrected chi connectivity index (χ3v) is 14.1. The van der Waals surface area contributed by atoms with Crippen molar-refractivity contribution in [2.24, 2.45) is 36.1 Å². The molecule has 15 heteroatoms. The van der Waals surface area contributed by atoms with Gasteiger partial charge in [0.2, 0.25) is 23.6 Å². The average molecular weight is 841 g/mol. The number of fused-ring (bicyclic) bond motifs is 5. The quantitative estimate of drug-likeness (QED) is 0.0806. The number of thiophene rings is 1. The number of aromatic hydroxyl groups is 1. The smallest absolute Gasteiger partial charge is 0.269 e. The molecule has 1 N–H and O–H groups in total. The van der Waals surface area contributed by atoms with E-state index in [4.69, 9.17) is 16.7 Å². The molecule has 2 aliphatic carbocycles. The summed E-state index contributed by atoms with van der Waals surface area (Å²) in [7, 11) is 1.68. The number of non-ortho nitro benzene ring substituents is 1. The van der Waals surface area contributed by atoms with Crippen molar-refractivity contribution in [1.29, 1.82) is 0 Å². The van der Waals surface area contributed by atoms with Gasteiger partial charge in [0, 0.05) is 50.9 Å². The van der Waals surface area contributed by atoms with Crippen molar-refractivity contribution in [2.45, 2.75) is 32.6 Å². The van der Waals surface area contributed by atoms with E-state index in [0.717, 1.165) is 25.4 Å². The standard InChI is InChI=1S/C40H31BrClN5O7S/c1-18-25-15-20(42)5-13-31(25)55-35(18)29-17-32(44(3)43-29)46-37(50)28-16-26-23(34(40(28,2)39(46)52)27-14-19(41)4-12-30(27)48)10-11-24-33(26)38(51)45(36(24)49)21-6-8-22(9-7-21)47(53)54/h4-10,12-15,17,24,26,28,33-34,48H,11,16H2,1-3H3/t24-,26+,28-,33-,34+,40+/m0/s1. The summed E-state index contributed by atoms with van der Waals surface area (Å²) < 4.78 is 3.20. The zero-order chi connectivity index (χ0) is 38.8. The van der Waals surface area contributed by atoms with Crippen molar-refractivity contribution < 1.29 is 29.2 Å². The first-order valence-electron chi connectivity index (χ1n) is 17.6. The van der Waals surface area contributed by atoms with Gasteiger partial charge in [-0.05, 0) is 92.1 Å². The number of aryl methyl sites for hydroxylation is 2. The molecular formula is C40H31BrClN5O7S. The first kappa shape index (κ1) is 35.5. The van der Waals surface area contributed by atoms with Crippen LogP contribution in [-0.4, -0.2) is 43.4 Å². The van der Waals surface area contributed by atoms with Gasteiger partial charge in [0.05, 0.1) is 38.7 Å². The number of nitro groups is 1. The van der Waals surface area contributed by atoms with E-state index in [0.29, 0.717) is 32.1 Å². The molecule has 3 fully saturated rings. The maximum atomic E-state index is 15.1. The summed E-state index contributed by atoms with van der Waals surface area (Å²) in [6, 6.07) is 17.6. The van der Waals surface area contributed by atoms with Gasteiger partial charge in [0.25, 0.3) is 5.69 Å². The maximum Gasteiger partial charge on any atom is 0.269 e. The summed E-state index contributed by atoms with van der Waals surface area (Å²) in [5.41, 5.74) is 1.37. The fourth-order valence-electron chi connectivity index (χ4n) is 9.53. The molecule has 278 valence electrons. The second-order valence-electron chi connectivity index (χ2n) is 14.9. The lowest BCUT2D eigenvalue weighted by Crippen LogP contribution is -2.49. The number of hydrogen-bond acceptors (Lipinski definition) is 9. The van der Waals surface area contributed by atoms with Gasteiger partial charge in [-0.1, -0.05) is 39.2 Å². The second-order valence-corrected chi connectivity index (χ2v) is 17.3. The van der Waals surface area contributed by atoms with Crippen LogP contribution < -0.4 is 9.80 Å². The van der Waals surface area contributed by atoms with Crippen molar-refractivity contribution in [2.75, 3.05) is 9.80 Å². The fraction of sp³-hybridized carbons (Fsp3) is 0.275. The van der Waals surface area contributed by atoms with Crippen LogP contribution in [0.2, 0.25) is 5.02 Å². The molecule has 4 heterocycles. The lowest BCUT2D eigenvalue weighted by atomic mass is 9.51. The summed E-state index contributed by atoms with van der Waals surface area (Å²) >= 11 is 11.4. The highest BCUT2D eigenvalue weighted by atomic mass is 79.9. The van der Waals surface area contributed by atoms with Crippen molar-refractivity contribution >= 4 is 89.8 Å². The Morgan fingerprint density at radius 2 is 1.73 bits per heavy atom. The molecule has 3 aromatic carbocycles. The molecule has 12 nitrogen and oxygen atoms in total. The zero-order valence-corrected chi connectivity index (χ0v) is 32.7. The Morgan fingerprint density at radius 1 is 0.982 bits per heavy atom. The fourth-order valence-corrected chi connectivity index (χ4v) is 11.2. The highest BCUT2D eigenvalue weighted by molar-refractivity contribution is 9.10. The number of nitrogens with zero attached hydrogens (tertiary/aromatic N) is 5. The summed E-state index contributed by atoms with van der Waals surface area (Å²) in [5.74, 6) is -5.53. The number of hydrogen-bond donors (Lipinski definition) is 1. The van der Waals surface area contributed by atoms with Gasteiger partial charge in [-0.25, -0.2) is 4.90 Å². The first-order valence-corrected chi connectivity index (χ1v) is 19.6. The van der Waals surface area contributed by atoms with Gasteiger partial charge in [0.1, 0.15) is 17.3 Å². The summed E-state index contributed by atoms with van der Waals surface area (Å²) in [6.45, 7) is 3.74. The topological polar surface area (TPSA) is 156 Å². The Balaban J connectivity index is 1.14. The minimum absolute atomic E-state index is 0.0694. The van der Waals surface area contributed by atoms with E-state index in [-0.39, 0.29) is 30.0 Å². The Morgan fingerprint density at radius 3 is 2.45 bits per heavy atom. The minimum atomic E-state index is -1.39. The number of aromatic nitrogens is 2. The monoisotopic (exact) mass is 839 g/mol. The van der Waals surface area contributed by atoms with E-state index in [1.54, 1.807) is 32.2 Å². The van der Waals surface area contributed by atoms with Crippen molar-refractivity contribution in [3.05, 3.63) is 109 Å². The van der Waals surface area contributed by atoms with Gasteiger partial charge in [-0.2, -0.15) is 5.10 Å². The van der Waals surface area contributed by atoms with Gasteiger partial charge in [-0.15, -0.1) is 11.3 Å². The maximum absolute atomic E-state index is 15.1. The van der Waals surface area contributed by atoms with Crippen LogP contribution >= 0.6 is 38.9 Å². The molecular weight excluding hydrogens is 810 g/mol. The zero-order valence-electron chi connectivity index (χ0n) is 29.5. The summed E-state index contributed by atoms with van der Waals surface area (Å²) in [4.78, 5) is 72.2. The number of allylic oxidation sites excluding steroid dienone is 2. The summed E-state index contributed by atoms with van der Waals surface area (Å²) in [6.07, 6.45) is 2.22. The average Bonchev–Trinajstić information content (AvgIpc) is 3.83. The van der Waals surface area contributed by atoms with Crippen molar-refractivity contribution in [3.8, 4) is 16.3 Å². The van der Waals surface area contributed by atoms with Gasteiger partial charge >= 0.3 is 0 Å². The second kappa shape index (κ2) is 12.4. The molecule has 0 unspecified atom stereocenters. The highest BCUT2D eigenvalue weighted by Gasteiger charge is 2.68. The van der Waals surface area contributed by atoms with Crippen LogP contribution in [0.5, 0.6) is 5.75 Å². The van der Waals surface area contributed by atoms with E-state index in [1.807, 2.05) is 31.2 Å². The number of carbonyl (C=O) groups excluding carboxylic acids is 4. The predicted octanol–water partition coefficient (Wildman–Crippen LogP) is 8.08. The van der Waals surface area contributed by atoms with Crippen molar-refractivity contribution in [3.63, 3.8) is 0 Å². The van der Waals surface area contributed by atoms with E-state index in [9.17, 15) is 29.6 Å². The van der Waals surface area contributed by atoms with Crippen LogP contribution in [0.1, 0.15) is 36.8 Å². The van der Waals surface area contributed by atoms with Crippen LogP contribution in [-0.2, 0) is 26.2 Å². The first-order chi connectivity index (χ1) is 26.2. The molecule has 1 saturated carbocycles. The Bertz CT molecular complexity index is 2600.